The molecule has 130 valence electrons. The quantitative estimate of drug-likeness (QED) is 0.555. The van der Waals surface area contributed by atoms with Gasteiger partial charge in [0.25, 0.3) is 5.91 Å². The Morgan fingerprint density at radius 2 is 2.12 bits per heavy atom. The Bertz CT molecular complexity index is 842. The molecule has 25 heavy (non-hydrogen) atoms. The van der Waals surface area contributed by atoms with Crippen molar-refractivity contribution in [3.05, 3.63) is 41.0 Å². The predicted molar refractivity (Wildman–Crippen MR) is 95.6 cm³/mol. The van der Waals surface area contributed by atoms with Crippen molar-refractivity contribution in [2.45, 2.75) is 12.8 Å². The zero-order valence-electron chi connectivity index (χ0n) is 13.7. The van der Waals surface area contributed by atoms with E-state index in [-0.39, 0.29) is 5.91 Å². The molecular weight excluding hydrogens is 340 g/mol. The van der Waals surface area contributed by atoms with Crippen LogP contribution in [0.3, 0.4) is 0 Å². The second-order valence-electron chi connectivity index (χ2n) is 5.29. The summed E-state index contributed by atoms with van der Waals surface area (Å²) in [6, 6.07) is 9.21. The number of hydrogen-bond acceptors (Lipinski definition) is 7. The number of nitrogens with one attached hydrogen (secondary N) is 2. The van der Waals surface area contributed by atoms with Crippen molar-refractivity contribution in [1.29, 1.82) is 0 Å². The number of ether oxygens (including phenoxy) is 1. The average Bonchev–Trinajstić information content (AvgIpc) is 3.28. The number of H-pyrrole nitrogens is 1. The first-order valence-corrected chi connectivity index (χ1v) is 8.53. The van der Waals surface area contributed by atoms with Gasteiger partial charge in [0, 0.05) is 18.5 Å². The van der Waals surface area contributed by atoms with Gasteiger partial charge < -0.3 is 15.8 Å². The SMILES string of the molecule is COc1ccc(-c2cc(C(=O)NCCCc3nnc(N)s3)[nH]n2)cc1. The Hall–Kier alpha value is -2.94. The molecule has 3 aromatic rings. The van der Waals surface area contributed by atoms with Crippen molar-refractivity contribution in [1.82, 2.24) is 25.7 Å². The normalized spacial score (nSPS) is 10.6. The second-order valence-corrected chi connectivity index (χ2v) is 6.38. The molecule has 3 rings (SSSR count). The first-order valence-electron chi connectivity index (χ1n) is 7.71. The smallest absolute Gasteiger partial charge is 0.269 e. The van der Waals surface area contributed by atoms with Crippen LogP contribution in [-0.2, 0) is 6.42 Å². The second kappa shape index (κ2) is 7.75. The molecule has 0 unspecified atom stereocenters. The van der Waals surface area contributed by atoms with Gasteiger partial charge in [-0.3, -0.25) is 9.89 Å². The van der Waals surface area contributed by atoms with E-state index in [0.717, 1.165) is 29.2 Å². The highest BCUT2D eigenvalue weighted by Gasteiger charge is 2.11. The fourth-order valence-electron chi connectivity index (χ4n) is 2.25. The molecule has 2 aromatic heterocycles. The molecule has 4 N–H and O–H groups in total. The number of benzene rings is 1. The van der Waals surface area contributed by atoms with Crippen LogP contribution in [0.2, 0.25) is 0 Å². The van der Waals surface area contributed by atoms with E-state index in [4.69, 9.17) is 10.5 Å². The maximum absolute atomic E-state index is 12.2. The summed E-state index contributed by atoms with van der Waals surface area (Å²) in [7, 11) is 1.62. The van der Waals surface area contributed by atoms with Gasteiger partial charge in [0.05, 0.1) is 12.8 Å². The summed E-state index contributed by atoms with van der Waals surface area (Å²) in [5.74, 6) is 0.582. The summed E-state index contributed by atoms with van der Waals surface area (Å²) in [5, 5.41) is 18.8. The molecule has 9 heteroatoms. The molecule has 2 heterocycles. The van der Waals surface area contributed by atoms with Gasteiger partial charge in [-0.2, -0.15) is 5.10 Å². The van der Waals surface area contributed by atoms with E-state index in [2.05, 4.69) is 25.7 Å². The minimum absolute atomic E-state index is 0.191. The van der Waals surface area contributed by atoms with Crippen LogP contribution in [-0.4, -0.2) is 40.0 Å². The lowest BCUT2D eigenvalue weighted by Gasteiger charge is -2.01. The van der Waals surface area contributed by atoms with Gasteiger partial charge >= 0.3 is 0 Å². The number of methoxy groups -OCH3 is 1. The molecule has 0 fully saturated rings. The molecule has 8 nitrogen and oxygen atoms in total. The summed E-state index contributed by atoms with van der Waals surface area (Å²) >= 11 is 1.36. The lowest BCUT2D eigenvalue weighted by Crippen LogP contribution is -2.25. The summed E-state index contributed by atoms with van der Waals surface area (Å²) in [5.41, 5.74) is 7.57. The third kappa shape index (κ3) is 4.32. The van der Waals surface area contributed by atoms with E-state index in [0.29, 0.717) is 23.1 Å². The van der Waals surface area contributed by atoms with Gasteiger partial charge in [-0.05, 0) is 36.8 Å². The average molecular weight is 358 g/mol. The number of nitrogens with two attached hydrogens (primary N) is 1. The maximum atomic E-state index is 12.2. The summed E-state index contributed by atoms with van der Waals surface area (Å²) < 4.78 is 5.13. The van der Waals surface area contributed by atoms with Crippen LogP contribution in [0.5, 0.6) is 5.75 Å². The van der Waals surface area contributed by atoms with Crippen molar-refractivity contribution in [2.24, 2.45) is 0 Å². The third-order valence-corrected chi connectivity index (χ3v) is 4.36. The molecule has 0 aliphatic heterocycles. The Kier molecular flexibility index (Phi) is 5.24. The van der Waals surface area contributed by atoms with Crippen LogP contribution < -0.4 is 15.8 Å². The van der Waals surface area contributed by atoms with Crippen LogP contribution in [0.25, 0.3) is 11.3 Å². The molecule has 0 bridgehead atoms. The van der Waals surface area contributed by atoms with Crippen molar-refractivity contribution in [3.63, 3.8) is 0 Å². The highest BCUT2D eigenvalue weighted by Crippen LogP contribution is 2.21. The van der Waals surface area contributed by atoms with Crippen molar-refractivity contribution >= 4 is 22.4 Å². The number of carbonyl (C=O) groups excluding carboxylic acids is 1. The van der Waals surface area contributed by atoms with E-state index in [1.165, 1.54) is 11.3 Å². The Labute approximate surface area is 148 Å². The van der Waals surface area contributed by atoms with Gasteiger partial charge in [0.1, 0.15) is 16.5 Å². The molecule has 0 radical (unpaired) electrons. The molecular formula is C16H18N6O2S. The van der Waals surface area contributed by atoms with Crippen LogP contribution in [0.4, 0.5) is 5.13 Å². The minimum Gasteiger partial charge on any atom is -0.497 e. The summed E-state index contributed by atoms with van der Waals surface area (Å²) in [6.45, 7) is 0.537. The highest BCUT2D eigenvalue weighted by molar-refractivity contribution is 7.15. The number of rotatable bonds is 7. The highest BCUT2D eigenvalue weighted by atomic mass is 32.1. The predicted octanol–water partition coefficient (Wildman–Crippen LogP) is 1.88. The number of hydrogen-bond donors (Lipinski definition) is 3. The first kappa shape index (κ1) is 16.9. The van der Waals surface area contributed by atoms with Crippen LogP contribution in [0.15, 0.2) is 30.3 Å². The molecule has 0 saturated heterocycles. The number of aromatic amines is 1. The van der Waals surface area contributed by atoms with E-state index < -0.39 is 0 Å². The van der Waals surface area contributed by atoms with Gasteiger partial charge in [0.15, 0.2) is 0 Å². The number of amides is 1. The number of carbonyl (C=O) groups is 1. The number of aromatic nitrogens is 4. The molecule has 1 aromatic carbocycles. The summed E-state index contributed by atoms with van der Waals surface area (Å²) in [4.78, 5) is 12.2. The zero-order valence-corrected chi connectivity index (χ0v) is 14.5. The van der Waals surface area contributed by atoms with Crippen LogP contribution in [0.1, 0.15) is 21.9 Å². The van der Waals surface area contributed by atoms with Gasteiger partial charge in [-0.1, -0.05) is 11.3 Å². The molecule has 0 saturated carbocycles. The van der Waals surface area contributed by atoms with Gasteiger partial charge in [0.2, 0.25) is 5.13 Å². The molecule has 0 spiro atoms. The van der Waals surface area contributed by atoms with Crippen LogP contribution >= 0.6 is 11.3 Å². The molecule has 0 atom stereocenters. The fraction of sp³-hybridized carbons (Fsp3) is 0.250. The van der Waals surface area contributed by atoms with Crippen molar-refractivity contribution in [2.75, 3.05) is 19.4 Å². The number of aryl methyl sites for hydroxylation is 1. The number of anilines is 1. The van der Waals surface area contributed by atoms with E-state index >= 15 is 0 Å². The Balaban J connectivity index is 1.51. The topological polar surface area (TPSA) is 119 Å². The van der Waals surface area contributed by atoms with Crippen LogP contribution in [0, 0.1) is 0 Å². The van der Waals surface area contributed by atoms with E-state index in [9.17, 15) is 4.79 Å². The lowest BCUT2D eigenvalue weighted by atomic mass is 10.1. The fourth-order valence-corrected chi connectivity index (χ4v) is 2.90. The summed E-state index contributed by atoms with van der Waals surface area (Å²) in [6.07, 6.45) is 1.50. The number of nitrogen functional groups attached to an aromatic ring is 1. The van der Waals surface area contributed by atoms with Gasteiger partial charge in [-0.25, -0.2) is 0 Å². The Morgan fingerprint density at radius 3 is 2.80 bits per heavy atom. The van der Waals surface area contributed by atoms with E-state index in [1.807, 2.05) is 24.3 Å². The largest absolute Gasteiger partial charge is 0.497 e. The zero-order chi connectivity index (χ0) is 17.6. The lowest BCUT2D eigenvalue weighted by molar-refractivity contribution is 0.0948. The van der Waals surface area contributed by atoms with Crippen molar-refractivity contribution in [3.8, 4) is 17.0 Å². The van der Waals surface area contributed by atoms with Crippen molar-refractivity contribution < 1.29 is 9.53 Å². The monoisotopic (exact) mass is 358 g/mol. The standard InChI is InChI=1S/C16H18N6O2S/c1-24-11-6-4-10(5-7-11)12-9-13(20-19-12)15(23)18-8-2-3-14-21-22-16(17)25-14/h4-7,9H,2-3,8H2,1H3,(H2,17,22)(H,18,23)(H,19,20). The molecule has 0 aliphatic rings. The molecule has 1 amide bonds. The molecule has 0 aliphatic carbocycles. The maximum Gasteiger partial charge on any atom is 0.269 e. The first-order chi connectivity index (χ1) is 12.2. The Morgan fingerprint density at radius 1 is 1.32 bits per heavy atom. The number of nitrogens with zero attached hydrogens (tertiary/aromatic N) is 3. The minimum atomic E-state index is -0.191. The van der Waals surface area contributed by atoms with E-state index in [1.54, 1.807) is 13.2 Å². The third-order valence-electron chi connectivity index (χ3n) is 3.54. The van der Waals surface area contributed by atoms with Gasteiger partial charge in [-0.15, -0.1) is 10.2 Å².